The van der Waals surface area contributed by atoms with E-state index in [0.29, 0.717) is 23.3 Å². The average molecular weight is 253 g/mol. The highest BCUT2D eigenvalue weighted by Crippen LogP contribution is 2.30. The lowest BCUT2D eigenvalue weighted by Gasteiger charge is -2.35. The highest BCUT2D eigenvalue weighted by molar-refractivity contribution is 4.93. The molecule has 0 saturated carbocycles. The molecule has 0 rings (SSSR count). The molecule has 0 amide bonds. The first-order valence-corrected chi connectivity index (χ1v) is 7.45. The minimum Gasteiger partial charge on any atom is -0.386 e. The normalized spacial score (nSPS) is 17.4. The Kier molecular flexibility index (Phi) is 7.02. The van der Waals surface area contributed by atoms with E-state index >= 15 is 0 Å². The maximum absolute atomic E-state index is 4.02. The summed E-state index contributed by atoms with van der Waals surface area (Å²) in [7, 11) is 0. The smallest absolute Gasteiger partial charge is 0.0309 e. The first-order chi connectivity index (χ1) is 8.03. The first kappa shape index (κ1) is 17.5. The predicted molar refractivity (Wildman–Crippen MR) is 83.6 cm³/mol. The van der Waals surface area contributed by atoms with E-state index in [9.17, 15) is 0 Å². The fourth-order valence-electron chi connectivity index (χ4n) is 3.11. The molecule has 0 radical (unpaired) electrons. The molecular formula is C17H35N. The summed E-state index contributed by atoms with van der Waals surface area (Å²) in [6.45, 7) is 22.4. The highest BCUT2D eigenvalue weighted by atomic mass is 14.9. The molecule has 3 unspecified atom stereocenters. The number of rotatable bonds is 7. The predicted octanol–water partition coefficient (Wildman–Crippen LogP) is 5.23. The van der Waals surface area contributed by atoms with Crippen molar-refractivity contribution in [2.45, 2.75) is 74.3 Å². The van der Waals surface area contributed by atoms with Gasteiger partial charge < -0.3 is 5.32 Å². The third-order valence-corrected chi connectivity index (χ3v) is 3.42. The lowest BCUT2D eigenvalue weighted by atomic mass is 9.77. The van der Waals surface area contributed by atoms with Crippen LogP contribution in [0, 0.1) is 23.2 Å². The SMILES string of the molecule is C=C(C)NC(C(C)CC(C)C)C(C)CC(C)(C)C. The van der Waals surface area contributed by atoms with Gasteiger partial charge in [0.1, 0.15) is 0 Å². The minimum absolute atomic E-state index is 0.395. The molecule has 0 aliphatic carbocycles. The zero-order valence-electron chi connectivity index (χ0n) is 13.9. The van der Waals surface area contributed by atoms with Gasteiger partial charge in [0.05, 0.1) is 0 Å². The van der Waals surface area contributed by atoms with E-state index in [1.165, 1.54) is 12.8 Å². The Labute approximate surface area is 115 Å². The van der Waals surface area contributed by atoms with Gasteiger partial charge in [-0.1, -0.05) is 55.0 Å². The number of hydrogen-bond acceptors (Lipinski definition) is 1. The summed E-state index contributed by atoms with van der Waals surface area (Å²) in [6, 6.07) is 0.545. The largest absolute Gasteiger partial charge is 0.386 e. The summed E-state index contributed by atoms with van der Waals surface area (Å²) in [6.07, 6.45) is 2.53. The van der Waals surface area contributed by atoms with Gasteiger partial charge in [-0.3, -0.25) is 0 Å². The molecule has 0 aromatic heterocycles. The van der Waals surface area contributed by atoms with Gasteiger partial charge in [0.15, 0.2) is 0 Å². The molecule has 1 nitrogen and oxygen atoms in total. The quantitative estimate of drug-likeness (QED) is 0.655. The fourth-order valence-corrected chi connectivity index (χ4v) is 3.11. The average Bonchev–Trinajstić information content (AvgIpc) is 2.09. The first-order valence-electron chi connectivity index (χ1n) is 7.45. The maximum atomic E-state index is 4.02. The minimum atomic E-state index is 0.395. The summed E-state index contributed by atoms with van der Waals surface area (Å²) in [5.41, 5.74) is 1.49. The Morgan fingerprint density at radius 1 is 1.06 bits per heavy atom. The Hall–Kier alpha value is -0.460. The summed E-state index contributed by atoms with van der Waals surface area (Å²) in [4.78, 5) is 0. The zero-order valence-corrected chi connectivity index (χ0v) is 13.9. The second-order valence-corrected chi connectivity index (χ2v) is 7.80. The van der Waals surface area contributed by atoms with Crippen molar-refractivity contribution in [3.05, 3.63) is 12.3 Å². The third kappa shape index (κ3) is 7.79. The molecule has 18 heavy (non-hydrogen) atoms. The van der Waals surface area contributed by atoms with Crippen LogP contribution in [0.4, 0.5) is 0 Å². The molecule has 108 valence electrons. The molecule has 0 heterocycles. The van der Waals surface area contributed by atoms with Crippen LogP contribution in [-0.4, -0.2) is 6.04 Å². The van der Waals surface area contributed by atoms with E-state index in [0.717, 1.165) is 11.6 Å². The van der Waals surface area contributed by atoms with Gasteiger partial charge in [0, 0.05) is 11.7 Å². The number of allylic oxidation sites excluding steroid dienone is 1. The Morgan fingerprint density at radius 2 is 1.56 bits per heavy atom. The van der Waals surface area contributed by atoms with Crippen LogP contribution >= 0.6 is 0 Å². The maximum Gasteiger partial charge on any atom is 0.0309 e. The molecule has 0 aliphatic heterocycles. The van der Waals surface area contributed by atoms with Gasteiger partial charge in [-0.25, -0.2) is 0 Å². The second-order valence-electron chi connectivity index (χ2n) is 7.80. The molecule has 0 bridgehead atoms. The molecular weight excluding hydrogens is 218 g/mol. The molecule has 0 spiro atoms. The van der Waals surface area contributed by atoms with Crippen LogP contribution < -0.4 is 5.32 Å². The molecule has 0 aromatic rings. The second kappa shape index (κ2) is 7.21. The Balaban J connectivity index is 4.70. The van der Waals surface area contributed by atoms with Crippen molar-refractivity contribution in [1.82, 2.24) is 5.32 Å². The van der Waals surface area contributed by atoms with Gasteiger partial charge in [-0.05, 0) is 42.9 Å². The summed E-state index contributed by atoms with van der Waals surface area (Å²) in [5.74, 6) is 2.13. The van der Waals surface area contributed by atoms with E-state index in [4.69, 9.17) is 0 Å². The third-order valence-electron chi connectivity index (χ3n) is 3.42. The van der Waals surface area contributed by atoms with Crippen molar-refractivity contribution in [2.75, 3.05) is 0 Å². The molecule has 0 aromatic carbocycles. The van der Waals surface area contributed by atoms with Crippen molar-refractivity contribution >= 4 is 0 Å². The van der Waals surface area contributed by atoms with Crippen molar-refractivity contribution in [1.29, 1.82) is 0 Å². The van der Waals surface area contributed by atoms with Crippen molar-refractivity contribution in [3.63, 3.8) is 0 Å². The summed E-state index contributed by atoms with van der Waals surface area (Å²) >= 11 is 0. The molecule has 0 fully saturated rings. The number of hydrogen-bond donors (Lipinski definition) is 1. The van der Waals surface area contributed by atoms with E-state index in [1.807, 2.05) is 0 Å². The van der Waals surface area contributed by atoms with Gasteiger partial charge in [0.25, 0.3) is 0 Å². The molecule has 3 atom stereocenters. The van der Waals surface area contributed by atoms with Crippen LogP contribution in [-0.2, 0) is 0 Å². The van der Waals surface area contributed by atoms with Crippen LogP contribution in [0.3, 0.4) is 0 Å². The van der Waals surface area contributed by atoms with Gasteiger partial charge in [0.2, 0.25) is 0 Å². The zero-order chi connectivity index (χ0) is 14.5. The Morgan fingerprint density at radius 3 is 1.89 bits per heavy atom. The van der Waals surface area contributed by atoms with E-state index in [2.05, 4.69) is 67.3 Å². The van der Waals surface area contributed by atoms with Crippen LogP contribution in [0.2, 0.25) is 0 Å². The highest BCUT2D eigenvalue weighted by Gasteiger charge is 2.27. The van der Waals surface area contributed by atoms with Crippen LogP contribution in [0.5, 0.6) is 0 Å². The van der Waals surface area contributed by atoms with Gasteiger partial charge >= 0.3 is 0 Å². The topological polar surface area (TPSA) is 12.0 Å². The lowest BCUT2D eigenvalue weighted by Crippen LogP contribution is -2.41. The Bertz CT molecular complexity index is 247. The van der Waals surface area contributed by atoms with Crippen molar-refractivity contribution < 1.29 is 0 Å². The lowest BCUT2D eigenvalue weighted by molar-refractivity contribution is 0.207. The monoisotopic (exact) mass is 253 g/mol. The van der Waals surface area contributed by atoms with Crippen LogP contribution in [0.1, 0.15) is 68.2 Å². The number of nitrogens with one attached hydrogen (secondary N) is 1. The standard InChI is InChI=1S/C17H35N/c1-12(2)10-14(5)16(18-13(3)4)15(6)11-17(7,8)9/h12,14-16,18H,3,10-11H2,1-2,4-9H3. The van der Waals surface area contributed by atoms with Crippen molar-refractivity contribution in [2.24, 2.45) is 23.2 Å². The van der Waals surface area contributed by atoms with Crippen LogP contribution in [0.15, 0.2) is 12.3 Å². The van der Waals surface area contributed by atoms with E-state index < -0.39 is 0 Å². The molecule has 1 N–H and O–H groups in total. The summed E-state index contributed by atoms with van der Waals surface area (Å²) in [5, 5.41) is 3.61. The van der Waals surface area contributed by atoms with Crippen molar-refractivity contribution in [3.8, 4) is 0 Å². The van der Waals surface area contributed by atoms with E-state index in [1.54, 1.807) is 0 Å². The molecule has 1 heteroatoms. The fraction of sp³-hybridized carbons (Fsp3) is 0.882. The molecule has 0 aliphatic rings. The van der Waals surface area contributed by atoms with E-state index in [-0.39, 0.29) is 0 Å². The van der Waals surface area contributed by atoms with Crippen LogP contribution in [0.25, 0.3) is 0 Å². The van der Waals surface area contributed by atoms with Gasteiger partial charge in [-0.15, -0.1) is 0 Å². The summed E-state index contributed by atoms with van der Waals surface area (Å²) < 4.78 is 0. The van der Waals surface area contributed by atoms with Gasteiger partial charge in [-0.2, -0.15) is 0 Å². The molecule has 0 saturated heterocycles.